The molecular formula is C43H33B4N. The highest BCUT2D eigenvalue weighted by atomic mass is 15.0. The second kappa shape index (κ2) is 10.8. The van der Waals surface area contributed by atoms with Crippen LogP contribution in [0.4, 0.5) is 0 Å². The maximum atomic E-state index is 2.56. The molecule has 0 fully saturated rings. The topological polar surface area (TPSA) is 4.93 Å². The lowest BCUT2D eigenvalue weighted by molar-refractivity contribution is 0.769. The molecule has 0 unspecified atom stereocenters. The van der Waals surface area contributed by atoms with Gasteiger partial charge in [0.2, 0.25) is 0 Å². The van der Waals surface area contributed by atoms with Gasteiger partial charge in [0, 0.05) is 16.5 Å². The molecule has 1 heterocycles. The number of para-hydroxylation sites is 1. The Bertz CT molecular complexity index is 2470. The lowest BCUT2D eigenvalue weighted by Gasteiger charge is -2.34. The summed E-state index contributed by atoms with van der Waals surface area (Å²) in [6.45, 7) is 0. The summed E-state index contributed by atoms with van der Waals surface area (Å²) in [5, 5.41) is 2.57. The molecule has 0 atom stereocenters. The number of hydrogen-bond donors (Lipinski definition) is 0. The Hall–Kier alpha value is -5.40. The molecule has 1 aromatic heterocycles. The third-order valence-corrected chi connectivity index (χ3v) is 11.1. The van der Waals surface area contributed by atoms with E-state index in [1.807, 2.05) is 0 Å². The first kappa shape index (κ1) is 28.8. The SMILES string of the molecule is Bc1c(B)c(-n2c3ccccc3c3cc4c(cc32)C(c2ccccc2)(c2ccccc2)c2ccccc2-4)c(B)c(B)c1-c1ccccc1. The highest BCUT2D eigenvalue weighted by molar-refractivity contribution is 6.61. The highest BCUT2D eigenvalue weighted by Crippen LogP contribution is 2.57. The van der Waals surface area contributed by atoms with Crippen LogP contribution in [0, 0.1) is 0 Å². The molecule has 0 aliphatic heterocycles. The summed E-state index contributed by atoms with van der Waals surface area (Å²) in [6, 6.07) is 56.1. The average molecular weight is 607 g/mol. The van der Waals surface area contributed by atoms with E-state index >= 15 is 0 Å². The van der Waals surface area contributed by atoms with Crippen molar-refractivity contribution in [1.82, 2.24) is 4.57 Å². The van der Waals surface area contributed by atoms with E-state index in [-0.39, 0.29) is 0 Å². The van der Waals surface area contributed by atoms with Gasteiger partial charge >= 0.3 is 0 Å². The van der Waals surface area contributed by atoms with Crippen LogP contribution in [0.5, 0.6) is 0 Å². The Morgan fingerprint density at radius 2 is 0.958 bits per heavy atom. The molecule has 0 spiro atoms. The van der Waals surface area contributed by atoms with Crippen molar-refractivity contribution in [2.45, 2.75) is 5.41 Å². The van der Waals surface area contributed by atoms with Gasteiger partial charge in [-0.2, -0.15) is 0 Å². The fourth-order valence-electron chi connectivity index (χ4n) is 8.81. The van der Waals surface area contributed by atoms with Crippen molar-refractivity contribution < 1.29 is 0 Å². The van der Waals surface area contributed by atoms with Gasteiger partial charge in [0.25, 0.3) is 0 Å². The van der Waals surface area contributed by atoms with Gasteiger partial charge in [0.1, 0.15) is 31.4 Å². The molecule has 1 aliphatic carbocycles. The van der Waals surface area contributed by atoms with Crippen LogP contribution in [0.15, 0.2) is 152 Å². The Morgan fingerprint density at radius 1 is 0.417 bits per heavy atom. The molecule has 0 amide bonds. The summed E-state index contributed by atoms with van der Waals surface area (Å²) in [5.41, 5.74) is 19.1. The van der Waals surface area contributed by atoms with Crippen LogP contribution in [-0.4, -0.2) is 36.0 Å². The minimum Gasteiger partial charge on any atom is -0.310 e. The van der Waals surface area contributed by atoms with E-state index in [1.165, 1.54) is 93.9 Å². The van der Waals surface area contributed by atoms with Crippen molar-refractivity contribution in [2.75, 3.05) is 0 Å². The summed E-state index contributed by atoms with van der Waals surface area (Å²) >= 11 is 0. The Balaban J connectivity index is 1.44. The largest absolute Gasteiger partial charge is 0.310 e. The summed E-state index contributed by atoms with van der Waals surface area (Å²) in [6.07, 6.45) is 0. The van der Waals surface area contributed by atoms with Crippen LogP contribution in [0.25, 0.3) is 49.7 Å². The predicted octanol–water partition coefficient (Wildman–Crippen LogP) is 3.85. The number of benzene rings is 7. The van der Waals surface area contributed by atoms with E-state index < -0.39 is 5.41 Å². The zero-order valence-corrected chi connectivity index (χ0v) is 27.9. The standard InChI is InChI=1S/C43H33B4N/c44-38-37(26-14-4-1-5-15-26)39(45)41(47)42(40(38)46)48-35-23-13-11-21-30(35)32-24-31-29-20-10-12-22-33(29)43(34(31)25-36(32)48,27-16-6-2-7-17-27)28-18-8-3-9-19-28/h1-25H,44-47H2. The van der Waals surface area contributed by atoms with Crippen LogP contribution in [0.3, 0.4) is 0 Å². The number of nitrogens with zero attached hydrogens (tertiary/aromatic N) is 1. The molecular weight excluding hydrogens is 574 g/mol. The molecule has 9 rings (SSSR count). The molecule has 7 aromatic carbocycles. The fourth-order valence-corrected chi connectivity index (χ4v) is 8.81. The van der Waals surface area contributed by atoms with Gasteiger partial charge in [0.15, 0.2) is 0 Å². The van der Waals surface area contributed by atoms with Gasteiger partial charge in [-0.15, -0.1) is 0 Å². The van der Waals surface area contributed by atoms with Crippen molar-refractivity contribution in [3.8, 4) is 27.9 Å². The molecule has 1 nitrogen and oxygen atoms in total. The summed E-state index contributed by atoms with van der Waals surface area (Å²) < 4.78 is 2.56. The van der Waals surface area contributed by atoms with Crippen molar-refractivity contribution in [3.05, 3.63) is 174 Å². The Labute approximate surface area is 285 Å². The van der Waals surface area contributed by atoms with Crippen LogP contribution < -0.4 is 21.9 Å². The summed E-state index contributed by atoms with van der Waals surface area (Å²) in [7, 11) is 9.22. The van der Waals surface area contributed by atoms with E-state index in [0.717, 1.165) is 0 Å². The van der Waals surface area contributed by atoms with E-state index in [1.54, 1.807) is 0 Å². The molecule has 0 saturated carbocycles. The van der Waals surface area contributed by atoms with Gasteiger partial charge in [-0.25, -0.2) is 0 Å². The lowest BCUT2D eigenvalue weighted by atomic mass is 9.64. The first-order chi connectivity index (χ1) is 23.5. The smallest absolute Gasteiger partial charge is 0.141 e. The van der Waals surface area contributed by atoms with Crippen molar-refractivity contribution >= 4 is 75.0 Å². The third-order valence-electron chi connectivity index (χ3n) is 11.1. The van der Waals surface area contributed by atoms with Crippen LogP contribution >= 0.6 is 0 Å². The van der Waals surface area contributed by atoms with Gasteiger partial charge in [0.05, 0.1) is 16.4 Å². The average Bonchev–Trinajstić information content (AvgIpc) is 3.61. The maximum absolute atomic E-state index is 2.56. The summed E-state index contributed by atoms with van der Waals surface area (Å²) in [5.74, 6) is 0. The molecule has 48 heavy (non-hydrogen) atoms. The van der Waals surface area contributed by atoms with Gasteiger partial charge < -0.3 is 4.57 Å². The normalized spacial score (nSPS) is 13.1. The third kappa shape index (κ3) is 3.85. The van der Waals surface area contributed by atoms with Gasteiger partial charge in [-0.05, 0) is 62.7 Å². The molecule has 8 aromatic rings. The molecule has 0 N–H and O–H groups in total. The van der Waals surface area contributed by atoms with Crippen LogP contribution in [0.2, 0.25) is 0 Å². The molecule has 0 saturated heterocycles. The number of aromatic nitrogens is 1. The Morgan fingerprint density at radius 3 is 1.60 bits per heavy atom. The molecule has 0 radical (unpaired) electrons. The number of rotatable bonds is 4. The molecule has 1 aliphatic rings. The second-order valence-corrected chi connectivity index (χ2v) is 13.4. The van der Waals surface area contributed by atoms with Gasteiger partial charge in [-0.3, -0.25) is 0 Å². The first-order valence-corrected chi connectivity index (χ1v) is 17.0. The minimum atomic E-state index is -0.447. The highest BCUT2D eigenvalue weighted by Gasteiger charge is 2.46. The van der Waals surface area contributed by atoms with Crippen molar-refractivity contribution in [3.63, 3.8) is 0 Å². The minimum absolute atomic E-state index is 0.447. The second-order valence-electron chi connectivity index (χ2n) is 13.4. The number of hydrogen-bond acceptors (Lipinski definition) is 0. The predicted molar refractivity (Wildman–Crippen MR) is 216 cm³/mol. The van der Waals surface area contributed by atoms with E-state index in [0.29, 0.717) is 0 Å². The fraction of sp³-hybridized carbons (Fsp3) is 0.0233. The quantitative estimate of drug-likeness (QED) is 0.269. The first-order valence-electron chi connectivity index (χ1n) is 17.0. The molecule has 0 bridgehead atoms. The van der Waals surface area contributed by atoms with Crippen LogP contribution in [-0.2, 0) is 5.41 Å². The van der Waals surface area contributed by atoms with Crippen LogP contribution in [0.1, 0.15) is 22.3 Å². The zero-order valence-electron chi connectivity index (χ0n) is 27.9. The molecule has 222 valence electrons. The lowest BCUT2D eigenvalue weighted by Crippen LogP contribution is -2.46. The van der Waals surface area contributed by atoms with Gasteiger partial charge in [-0.1, -0.05) is 155 Å². The molecule has 5 heteroatoms. The Kier molecular flexibility index (Phi) is 6.49. The van der Waals surface area contributed by atoms with E-state index in [9.17, 15) is 0 Å². The van der Waals surface area contributed by atoms with E-state index in [4.69, 9.17) is 0 Å². The zero-order chi connectivity index (χ0) is 32.6. The van der Waals surface area contributed by atoms with Crippen molar-refractivity contribution in [2.24, 2.45) is 0 Å². The maximum Gasteiger partial charge on any atom is 0.141 e. The monoisotopic (exact) mass is 607 g/mol. The summed E-state index contributed by atoms with van der Waals surface area (Å²) in [4.78, 5) is 0. The van der Waals surface area contributed by atoms with E-state index in [2.05, 4.69) is 188 Å². The number of fused-ring (bicyclic) bond motifs is 6. The van der Waals surface area contributed by atoms with Crippen molar-refractivity contribution in [1.29, 1.82) is 0 Å².